The van der Waals surface area contributed by atoms with Gasteiger partial charge in [0.1, 0.15) is 0 Å². The summed E-state index contributed by atoms with van der Waals surface area (Å²) in [5.74, 6) is 0.739. The Bertz CT molecular complexity index is 484. The topological polar surface area (TPSA) is 67.2 Å². The molecule has 2 unspecified atom stereocenters. The summed E-state index contributed by atoms with van der Waals surface area (Å²) in [4.78, 5) is 10.9. The molecule has 2 amide bonds. The van der Waals surface area contributed by atoms with Gasteiger partial charge >= 0.3 is 6.03 Å². The number of hydrogen-bond donors (Lipinski definition) is 3. The number of carbonyl (C=O) groups is 1. The summed E-state index contributed by atoms with van der Waals surface area (Å²) in [6.45, 7) is 6.99. The van der Waals surface area contributed by atoms with Crippen LogP contribution in [-0.2, 0) is 0 Å². The van der Waals surface area contributed by atoms with Crippen molar-refractivity contribution < 1.29 is 4.79 Å². The molecule has 1 saturated carbocycles. The van der Waals surface area contributed by atoms with Crippen molar-refractivity contribution in [3.8, 4) is 0 Å². The lowest BCUT2D eigenvalue weighted by molar-refractivity contribution is 0.178. The summed E-state index contributed by atoms with van der Waals surface area (Å²) in [7, 11) is 0. The number of hydrogen-bond acceptors (Lipinski definition) is 2. The molecule has 4 N–H and O–H groups in total. The second-order valence-corrected chi connectivity index (χ2v) is 6.82. The number of carbonyl (C=O) groups excluding carboxylic acids is 1. The Labute approximate surface area is 121 Å². The highest BCUT2D eigenvalue weighted by atomic mass is 16.2. The minimum atomic E-state index is -0.533. The number of anilines is 2. The molecule has 4 nitrogen and oxygen atoms in total. The van der Waals surface area contributed by atoms with Crippen LogP contribution in [-0.4, -0.2) is 12.1 Å². The van der Waals surface area contributed by atoms with Gasteiger partial charge in [-0.3, -0.25) is 0 Å². The van der Waals surface area contributed by atoms with Gasteiger partial charge in [-0.15, -0.1) is 0 Å². The first-order valence-corrected chi connectivity index (χ1v) is 7.27. The van der Waals surface area contributed by atoms with Crippen molar-refractivity contribution in [1.29, 1.82) is 0 Å². The zero-order valence-electron chi connectivity index (χ0n) is 12.6. The van der Waals surface area contributed by atoms with Crippen molar-refractivity contribution in [3.63, 3.8) is 0 Å². The molecule has 0 aromatic heterocycles. The van der Waals surface area contributed by atoms with Gasteiger partial charge in [0.15, 0.2) is 0 Å². The normalized spacial score (nSPS) is 24.9. The Hall–Kier alpha value is -1.71. The van der Waals surface area contributed by atoms with Crippen molar-refractivity contribution in [1.82, 2.24) is 0 Å². The van der Waals surface area contributed by atoms with Crippen LogP contribution in [0.1, 0.15) is 40.0 Å². The molecular formula is C16H25N3O. The van der Waals surface area contributed by atoms with Crippen LogP contribution in [0, 0.1) is 11.3 Å². The van der Waals surface area contributed by atoms with Gasteiger partial charge in [-0.2, -0.15) is 0 Å². The number of nitrogens with one attached hydrogen (secondary N) is 2. The number of benzene rings is 1. The Morgan fingerprint density at radius 1 is 1.30 bits per heavy atom. The minimum Gasteiger partial charge on any atom is -0.382 e. The molecule has 110 valence electrons. The van der Waals surface area contributed by atoms with Crippen LogP contribution in [0.3, 0.4) is 0 Å². The van der Waals surface area contributed by atoms with Gasteiger partial charge in [0.2, 0.25) is 0 Å². The van der Waals surface area contributed by atoms with Crippen LogP contribution < -0.4 is 16.4 Å². The minimum absolute atomic E-state index is 0.387. The highest BCUT2D eigenvalue weighted by Gasteiger charge is 2.31. The molecule has 1 fully saturated rings. The molecule has 0 spiro atoms. The molecule has 0 radical (unpaired) electrons. The summed E-state index contributed by atoms with van der Waals surface area (Å²) < 4.78 is 0. The quantitative estimate of drug-likeness (QED) is 0.785. The maximum Gasteiger partial charge on any atom is 0.316 e. The summed E-state index contributed by atoms with van der Waals surface area (Å²) in [5.41, 5.74) is 7.29. The smallest absolute Gasteiger partial charge is 0.316 e. The van der Waals surface area contributed by atoms with Gasteiger partial charge in [-0.1, -0.05) is 26.8 Å². The van der Waals surface area contributed by atoms with Crippen LogP contribution in [0.2, 0.25) is 0 Å². The predicted molar refractivity (Wildman–Crippen MR) is 83.9 cm³/mol. The molecular weight excluding hydrogens is 250 g/mol. The van der Waals surface area contributed by atoms with E-state index in [1.807, 2.05) is 24.3 Å². The van der Waals surface area contributed by atoms with Gasteiger partial charge in [0, 0.05) is 17.4 Å². The molecule has 2 atom stereocenters. The lowest BCUT2D eigenvalue weighted by Crippen LogP contribution is -2.35. The monoisotopic (exact) mass is 275 g/mol. The number of rotatable bonds is 3. The summed E-state index contributed by atoms with van der Waals surface area (Å²) >= 11 is 0. The fraction of sp³-hybridized carbons (Fsp3) is 0.562. The molecule has 0 saturated heterocycles. The van der Waals surface area contributed by atoms with E-state index in [0.717, 1.165) is 17.3 Å². The van der Waals surface area contributed by atoms with Crippen LogP contribution >= 0.6 is 0 Å². The second-order valence-electron chi connectivity index (χ2n) is 6.82. The third kappa shape index (κ3) is 4.15. The molecule has 0 heterocycles. The van der Waals surface area contributed by atoms with Crippen molar-refractivity contribution in [2.45, 2.75) is 46.1 Å². The predicted octanol–water partition coefficient (Wildman–Crippen LogP) is 3.80. The zero-order chi connectivity index (χ0) is 14.8. The van der Waals surface area contributed by atoms with Crippen molar-refractivity contribution >= 4 is 17.4 Å². The SMILES string of the molecule is CC1CC(Nc2cccc(NC(N)=O)c2)CC(C)(C)C1. The largest absolute Gasteiger partial charge is 0.382 e. The highest BCUT2D eigenvalue weighted by molar-refractivity contribution is 5.88. The number of amides is 2. The fourth-order valence-corrected chi connectivity index (χ4v) is 3.52. The van der Waals surface area contributed by atoms with Gasteiger partial charge in [0.05, 0.1) is 0 Å². The first-order chi connectivity index (χ1) is 9.34. The molecule has 20 heavy (non-hydrogen) atoms. The van der Waals surface area contributed by atoms with Gasteiger partial charge in [0.25, 0.3) is 0 Å². The van der Waals surface area contributed by atoms with Crippen LogP contribution in [0.5, 0.6) is 0 Å². The number of nitrogens with two attached hydrogens (primary N) is 1. The van der Waals surface area contributed by atoms with E-state index in [4.69, 9.17) is 5.73 Å². The van der Waals surface area contributed by atoms with Crippen LogP contribution in [0.15, 0.2) is 24.3 Å². The molecule has 2 rings (SSSR count). The van der Waals surface area contributed by atoms with Crippen LogP contribution in [0.4, 0.5) is 16.2 Å². The maximum atomic E-state index is 10.9. The van der Waals surface area contributed by atoms with E-state index >= 15 is 0 Å². The van der Waals surface area contributed by atoms with Gasteiger partial charge in [-0.25, -0.2) is 4.79 Å². The van der Waals surface area contributed by atoms with E-state index in [9.17, 15) is 4.79 Å². The average Bonchev–Trinajstić information content (AvgIpc) is 2.24. The standard InChI is InChI=1S/C16H25N3O/c1-11-7-14(10-16(2,3)9-11)18-12-5-4-6-13(8-12)19-15(17)20/h4-6,8,11,14,18H,7,9-10H2,1-3H3,(H3,17,19,20). The lowest BCUT2D eigenvalue weighted by atomic mass is 9.70. The second kappa shape index (κ2) is 5.73. The fourth-order valence-electron chi connectivity index (χ4n) is 3.52. The Kier molecular flexibility index (Phi) is 4.21. The van der Waals surface area contributed by atoms with E-state index in [2.05, 4.69) is 31.4 Å². The number of urea groups is 1. The lowest BCUT2D eigenvalue weighted by Gasteiger charge is -2.39. The third-order valence-corrected chi connectivity index (χ3v) is 3.89. The zero-order valence-corrected chi connectivity index (χ0v) is 12.6. The molecule has 0 bridgehead atoms. The van der Waals surface area contributed by atoms with Crippen molar-refractivity contribution in [2.24, 2.45) is 17.1 Å². The summed E-state index contributed by atoms with van der Waals surface area (Å²) in [5, 5.41) is 6.19. The molecule has 4 heteroatoms. The van der Waals surface area contributed by atoms with E-state index in [-0.39, 0.29) is 0 Å². The Morgan fingerprint density at radius 2 is 2.00 bits per heavy atom. The van der Waals surface area contributed by atoms with Crippen LogP contribution in [0.25, 0.3) is 0 Å². The first-order valence-electron chi connectivity index (χ1n) is 7.27. The third-order valence-electron chi connectivity index (χ3n) is 3.89. The Morgan fingerprint density at radius 3 is 2.65 bits per heavy atom. The highest BCUT2D eigenvalue weighted by Crippen LogP contribution is 2.39. The molecule has 1 aromatic rings. The molecule has 1 aliphatic carbocycles. The molecule has 1 aliphatic rings. The average molecular weight is 275 g/mol. The summed E-state index contributed by atoms with van der Waals surface area (Å²) in [6.07, 6.45) is 3.65. The van der Waals surface area contributed by atoms with Crippen molar-refractivity contribution in [3.05, 3.63) is 24.3 Å². The molecule has 0 aliphatic heterocycles. The van der Waals surface area contributed by atoms with E-state index in [1.165, 1.54) is 19.3 Å². The number of primary amides is 1. The molecule has 1 aromatic carbocycles. The Balaban J connectivity index is 2.04. The van der Waals surface area contributed by atoms with Crippen molar-refractivity contribution in [2.75, 3.05) is 10.6 Å². The summed E-state index contributed by atoms with van der Waals surface area (Å²) in [6, 6.07) is 7.66. The van der Waals surface area contributed by atoms with E-state index in [1.54, 1.807) is 0 Å². The van der Waals surface area contributed by atoms with E-state index in [0.29, 0.717) is 11.5 Å². The first kappa shape index (κ1) is 14.7. The maximum absolute atomic E-state index is 10.9. The van der Waals surface area contributed by atoms with E-state index < -0.39 is 6.03 Å². The van der Waals surface area contributed by atoms with Gasteiger partial charge in [-0.05, 0) is 48.8 Å². The van der Waals surface area contributed by atoms with Gasteiger partial charge < -0.3 is 16.4 Å².